The van der Waals surface area contributed by atoms with E-state index in [4.69, 9.17) is 5.26 Å². The van der Waals surface area contributed by atoms with Crippen LogP contribution in [0, 0.1) is 11.3 Å². The first kappa shape index (κ1) is 9.52. The van der Waals surface area contributed by atoms with Gasteiger partial charge in [-0.05, 0) is 6.07 Å². The van der Waals surface area contributed by atoms with Gasteiger partial charge < -0.3 is 0 Å². The Hall–Kier alpha value is -1.57. The molecule has 1 heterocycles. The second-order valence-corrected chi connectivity index (χ2v) is 2.27. The van der Waals surface area contributed by atoms with Gasteiger partial charge in [-0.25, -0.2) is 13.2 Å². The Morgan fingerprint density at radius 3 is 2.69 bits per heavy atom. The van der Waals surface area contributed by atoms with E-state index in [9.17, 15) is 13.2 Å². The first-order valence-electron chi connectivity index (χ1n) is 3.42. The molecule has 0 aromatic carbocycles. The number of pyridine rings is 1. The molecule has 0 radical (unpaired) electrons. The summed E-state index contributed by atoms with van der Waals surface area (Å²) in [4.78, 5) is 3.48. The number of nitriles is 1. The third kappa shape index (κ3) is 1.78. The molecule has 68 valence electrons. The molecule has 0 aliphatic carbocycles. The highest BCUT2D eigenvalue weighted by Gasteiger charge is 2.16. The van der Waals surface area contributed by atoms with Crippen molar-refractivity contribution in [1.29, 1.82) is 5.26 Å². The van der Waals surface area contributed by atoms with Gasteiger partial charge in [0.05, 0.1) is 11.3 Å². The van der Waals surface area contributed by atoms with E-state index in [1.165, 1.54) is 6.07 Å². The third-order valence-electron chi connectivity index (χ3n) is 1.54. The van der Waals surface area contributed by atoms with E-state index in [-0.39, 0.29) is 11.3 Å². The zero-order valence-corrected chi connectivity index (χ0v) is 6.47. The standard InChI is InChI=1S/C8H5F3N2/c9-3-7-6(4-12)5(8(10)11)1-2-13-7/h1-2,8H,3H2. The Morgan fingerprint density at radius 2 is 2.23 bits per heavy atom. The van der Waals surface area contributed by atoms with Crippen molar-refractivity contribution in [1.82, 2.24) is 4.98 Å². The maximum Gasteiger partial charge on any atom is 0.265 e. The van der Waals surface area contributed by atoms with Crippen molar-refractivity contribution in [2.45, 2.75) is 13.1 Å². The normalized spacial score (nSPS) is 10.1. The van der Waals surface area contributed by atoms with E-state index in [1.54, 1.807) is 0 Å². The Bertz CT molecular complexity index is 344. The summed E-state index contributed by atoms with van der Waals surface area (Å²) in [5, 5.41) is 8.49. The minimum absolute atomic E-state index is 0.236. The molecule has 0 fully saturated rings. The van der Waals surface area contributed by atoms with Gasteiger partial charge in [0.1, 0.15) is 12.7 Å². The highest BCUT2D eigenvalue weighted by molar-refractivity contribution is 5.41. The average Bonchev–Trinajstić information content (AvgIpc) is 2.16. The van der Waals surface area contributed by atoms with Crippen molar-refractivity contribution in [3.63, 3.8) is 0 Å². The maximum atomic E-state index is 12.2. The molecule has 1 aromatic rings. The van der Waals surface area contributed by atoms with Crippen LogP contribution in [0.2, 0.25) is 0 Å². The molecule has 2 nitrogen and oxygen atoms in total. The number of alkyl halides is 3. The maximum absolute atomic E-state index is 12.2. The number of aromatic nitrogens is 1. The third-order valence-corrected chi connectivity index (χ3v) is 1.54. The van der Waals surface area contributed by atoms with Crippen LogP contribution in [0.25, 0.3) is 0 Å². The summed E-state index contributed by atoms with van der Waals surface area (Å²) < 4.78 is 36.6. The summed E-state index contributed by atoms with van der Waals surface area (Å²) in [6.07, 6.45) is -1.71. The van der Waals surface area contributed by atoms with E-state index >= 15 is 0 Å². The molecule has 0 unspecified atom stereocenters. The molecule has 0 saturated heterocycles. The highest BCUT2D eigenvalue weighted by atomic mass is 19.3. The average molecular weight is 186 g/mol. The predicted octanol–water partition coefficient (Wildman–Crippen LogP) is 2.36. The lowest BCUT2D eigenvalue weighted by Gasteiger charge is -2.03. The van der Waals surface area contributed by atoms with Gasteiger partial charge >= 0.3 is 0 Å². The molecular weight excluding hydrogens is 181 g/mol. The Kier molecular flexibility index (Phi) is 2.85. The number of nitrogens with zero attached hydrogens (tertiary/aromatic N) is 2. The summed E-state index contributed by atoms with van der Waals surface area (Å²) in [5.74, 6) is 0. The van der Waals surface area contributed by atoms with Crippen LogP contribution < -0.4 is 0 Å². The topological polar surface area (TPSA) is 36.7 Å². The summed E-state index contributed by atoms with van der Waals surface area (Å²) in [7, 11) is 0. The molecule has 0 saturated carbocycles. The molecule has 0 N–H and O–H groups in total. The van der Waals surface area contributed by atoms with Crippen molar-refractivity contribution >= 4 is 0 Å². The van der Waals surface area contributed by atoms with Gasteiger partial charge in [-0.15, -0.1) is 0 Å². The van der Waals surface area contributed by atoms with Crippen molar-refractivity contribution in [3.8, 4) is 6.07 Å². The fourth-order valence-electron chi connectivity index (χ4n) is 0.934. The first-order chi connectivity index (χ1) is 6.20. The SMILES string of the molecule is N#Cc1c(C(F)F)ccnc1CF. The lowest BCUT2D eigenvalue weighted by molar-refractivity contribution is 0.150. The van der Waals surface area contributed by atoms with E-state index < -0.39 is 18.7 Å². The lowest BCUT2D eigenvalue weighted by Crippen LogP contribution is -1.98. The van der Waals surface area contributed by atoms with Crippen LogP contribution in [0.4, 0.5) is 13.2 Å². The number of halogens is 3. The zero-order valence-electron chi connectivity index (χ0n) is 6.47. The van der Waals surface area contributed by atoms with Gasteiger partial charge in [-0.1, -0.05) is 0 Å². The molecule has 0 aliphatic heterocycles. The second-order valence-electron chi connectivity index (χ2n) is 2.27. The molecule has 0 aliphatic rings. The van der Waals surface area contributed by atoms with E-state index in [1.807, 2.05) is 0 Å². The lowest BCUT2D eigenvalue weighted by atomic mass is 10.1. The number of hydrogen-bond donors (Lipinski definition) is 0. The summed E-state index contributed by atoms with van der Waals surface area (Å²) in [6.45, 7) is -1.01. The predicted molar refractivity (Wildman–Crippen MR) is 38.7 cm³/mol. The highest BCUT2D eigenvalue weighted by Crippen LogP contribution is 2.23. The van der Waals surface area contributed by atoms with Crippen LogP contribution in [0.1, 0.15) is 23.2 Å². The van der Waals surface area contributed by atoms with Gasteiger partial charge in [0, 0.05) is 11.8 Å². The van der Waals surface area contributed by atoms with Gasteiger partial charge in [0.2, 0.25) is 0 Å². The molecule has 5 heteroatoms. The van der Waals surface area contributed by atoms with E-state index in [0.717, 1.165) is 12.3 Å². The van der Waals surface area contributed by atoms with Gasteiger partial charge in [-0.3, -0.25) is 4.98 Å². The van der Waals surface area contributed by atoms with Gasteiger partial charge in [0.15, 0.2) is 0 Å². The van der Waals surface area contributed by atoms with E-state index in [0.29, 0.717) is 0 Å². The molecule has 0 bridgehead atoms. The molecule has 1 rings (SSSR count). The molecule has 0 amide bonds. The van der Waals surface area contributed by atoms with Crippen LogP contribution in [-0.4, -0.2) is 4.98 Å². The Morgan fingerprint density at radius 1 is 1.54 bits per heavy atom. The smallest absolute Gasteiger partial charge is 0.257 e. The van der Waals surface area contributed by atoms with Crippen LogP contribution >= 0.6 is 0 Å². The first-order valence-corrected chi connectivity index (χ1v) is 3.42. The number of hydrogen-bond acceptors (Lipinski definition) is 2. The number of rotatable bonds is 2. The minimum atomic E-state index is -2.78. The largest absolute Gasteiger partial charge is 0.265 e. The minimum Gasteiger partial charge on any atom is -0.257 e. The van der Waals surface area contributed by atoms with Crippen molar-refractivity contribution in [3.05, 3.63) is 29.1 Å². The van der Waals surface area contributed by atoms with Crippen molar-refractivity contribution < 1.29 is 13.2 Å². The quantitative estimate of drug-likeness (QED) is 0.710. The van der Waals surface area contributed by atoms with Crippen LogP contribution in [0.3, 0.4) is 0 Å². The fraction of sp³-hybridized carbons (Fsp3) is 0.250. The molecule has 0 spiro atoms. The Labute approximate surface area is 72.6 Å². The Balaban J connectivity index is 3.29. The summed E-state index contributed by atoms with van der Waals surface area (Å²) in [5.41, 5.74) is -1.06. The van der Waals surface area contributed by atoms with E-state index in [2.05, 4.69) is 4.98 Å². The van der Waals surface area contributed by atoms with Gasteiger partial charge in [-0.2, -0.15) is 5.26 Å². The fourth-order valence-corrected chi connectivity index (χ4v) is 0.934. The van der Waals surface area contributed by atoms with Crippen molar-refractivity contribution in [2.24, 2.45) is 0 Å². The second kappa shape index (κ2) is 3.90. The summed E-state index contributed by atoms with van der Waals surface area (Å²) >= 11 is 0. The molecular formula is C8H5F3N2. The van der Waals surface area contributed by atoms with Crippen LogP contribution in [0.15, 0.2) is 12.3 Å². The molecule has 13 heavy (non-hydrogen) atoms. The molecule has 1 aromatic heterocycles. The van der Waals surface area contributed by atoms with Crippen LogP contribution in [-0.2, 0) is 6.67 Å². The van der Waals surface area contributed by atoms with Crippen LogP contribution in [0.5, 0.6) is 0 Å². The zero-order chi connectivity index (χ0) is 9.84. The van der Waals surface area contributed by atoms with Crippen molar-refractivity contribution in [2.75, 3.05) is 0 Å². The molecule has 0 atom stereocenters. The monoisotopic (exact) mass is 186 g/mol. The van der Waals surface area contributed by atoms with Gasteiger partial charge in [0.25, 0.3) is 6.43 Å². The summed E-state index contributed by atoms with van der Waals surface area (Å²) in [6, 6.07) is 2.53.